The van der Waals surface area contributed by atoms with Crippen molar-refractivity contribution in [2.75, 3.05) is 26.7 Å². The highest BCUT2D eigenvalue weighted by Crippen LogP contribution is 2.66. The van der Waals surface area contributed by atoms with Gasteiger partial charge in [-0.2, -0.15) is 0 Å². The molecule has 1 aromatic carbocycles. The first-order valence-electron chi connectivity index (χ1n) is 21.1. The van der Waals surface area contributed by atoms with Gasteiger partial charge in [0.1, 0.15) is 34.5 Å². The van der Waals surface area contributed by atoms with E-state index in [0.717, 1.165) is 25.3 Å². The van der Waals surface area contributed by atoms with Crippen molar-refractivity contribution in [3.8, 4) is 5.75 Å². The van der Waals surface area contributed by atoms with Crippen LogP contribution >= 0.6 is 0 Å². The zero-order valence-electron chi connectivity index (χ0n) is 36.2. The van der Waals surface area contributed by atoms with E-state index in [-0.39, 0.29) is 79.0 Å². The highest BCUT2D eigenvalue weighted by atomic mass is 19.1. The van der Waals surface area contributed by atoms with Crippen molar-refractivity contribution in [2.24, 2.45) is 17.3 Å². The number of rotatable bonds is 15. The smallest absolute Gasteiger partial charge is 0.461 e. The summed E-state index contributed by atoms with van der Waals surface area (Å²) in [6, 6.07) is 3.20. The maximum atomic E-state index is 16.2. The molecular weight excluding hydrogens is 774 g/mol. The number of aromatic nitrogens is 1. The van der Waals surface area contributed by atoms with Crippen LogP contribution in [0.25, 0.3) is 0 Å². The Bertz CT molecular complexity index is 2040. The Kier molecular flexibility index (Phi) is 13.0. The van der Waals surface area contributed by atoms with E-state index in [9.17, 15) is 28.8 Å². The number of carbonyl (C=O) groups excluding carboxylic acids is 6. The van der Waals surface area contributed by atoms with Gasteiger partial charge >= 0.3 is 30.9 Å². The Hall–Kier alpha value is -4.70. The lowest BCUT2D eigenvalue weighted by atomic mass is 9.43. The highest BCUT2D eigenvalue weighted by molar-refractivity contribution is 6.48. The van der Waals surface area contributed by atoms with E-state index in [1.807, 2.05) is 13.8 Å². The zero-order chi connectivity index (χ0) is 43.9. The van der Waals surface area contributed by atoms with Crippen molar-refractivity contribution in [1.82, 2.24) is 20.1 Å². The van der Waals surface area contributed by atoms with Crippen molar-refractivity contribution in [1.29, 1.82) is 0 Å². The third-order valence-electron chi connectivity index (χ3n) is 13.0. The summed E-state index contributed by atoms with van der Waals surface area (Å²) in [5.41, 5.74) is -1.16. The number of pyridine rings is 1. The van der Waals surface area contributed by atoms with Crippen LogP contribution < -0.4 is 10.1 Å². The number of piperazine rings is 1. The van der Waals surface area contributed by atoms with Gasteiger partial charge in [-0.1, -0.05) is 39.3 Å². The van der Waals surface area contributed by atoms with Gasteiger partial charge in [0, 0.05) is 50.1 Å². The molecule has 2 saturated heterocycles. The van der Waals surface area contributed by atoms with Gasteiger partial charge in [0.25, 0.3) is 0 Å². The molecule has 60 heavy (non-hydrogen) atoms. The molecule has 1 aromatic heterocycles. The Morgan fingerprint density at radius 1 is 1.08 bits per heavy atom. The van der Waals surface area contributed by atoms with E-state index in [2.05, 4.69) is 24.1 Å². The molecule has 2 aromatic rings. The average molecular weight is 833 g/mol. The van der Waals surface area contributed by atoms with Crippen molar-refractivity contribution >= 4 is 42.5 Å². The number of para-hydroxylation sites is 1. The van der Waals surface area contributed by atoms with E-state index in [1.54, 1.807) is 45.9 Å². The Balaban J connectivity index is 1.37. The number of nitrogens with zero attached hydrogens (tertiary/aromatic N) is 3. The minimum atomic E-state index is -1.76. The molecule has 5 aliphatic rings. The monoisotopic (exact) mass is 832 g/mol. The van der Waals surface area contributed by atoms with Crippen LogP contribution in [0.5, 0.6) is 5.75 Å². The molecule has 14 nitrogen and oxygen atoms in total. The molecule has 324 valence electrons. The predicted molar refractivity (Wildman–Crippen MR) is 219 cm³/mol. The maximum absolute atomic E-state index is 16.2. The molecule has 3 aliphatic carbocycles. The molecule has 7 rings (SSSR count). The number of urea groups is 1. The fourth-order valence-corrected chi connectivity index (χ4v) is 9.47. The van der Waals surface area contributed by atoms with E-state index >= 15 is 4.39 Å². The number of hydrogen-bond donors (Lipinski definition) is 1. The number of esters is 1. The summed E-state index contributed by atoms with van der Waals surface area (Å²) in [7, 11) is 0.492. The molecule has 3 saturated carbocycles. The molecule has 2 aliphatic heterocycles. The second-order valence-electron chi connectivity index (χ2n) is 18.3. The number of likely N-dealkylation sites (N-methyl/N-ethyl adjacent to an activating group) is 1. The third kappa shape index (κ3) is 8.72. The number of ketones is 2. The number of imide groups is 1. The number of carbonyl (C=O) groups is 6. The quantitative estimate of drug-likeness (QED) is 0.0925. The summed E-state index contributed by atoms with van der Waals surface area (Å²) in [6.45, 7) is 15.6. The van der Waals surface area contributed by atoms with Crippen LogP contribution in [0.3, 0.4) is 0 Å². The summed E-state index contributed by atoms with van der Waals surface area (Å²) in [5.74, 6) is -4.51. The summed E-state index contributed by atoms with van der Waals surface area (Å²) < 4.78 is 41.3. The van der Waals surface area contributed by atoms with Gasteiger partial charge < -0.3 is 29.0 Å². The summed E-state index contributed by atoms with van der Waals surface area (Å²) in [4.78, 5) is 86.9. The topological polar surface area (TPSA) is 171 Å². The van der Waals surface area contributed by atoms with Gasteiger partial charge in [-0.3, -0.25) is 29.1 Å². The number of hydrogen-bond acceptors (Lipinski definition) is 11. The first kappa shape index (κ1) is 44.8. The van der Waals surface area contributed by atoms with Gasteiger partial charge in [0.15, 0.2) is 11.6 Å². The molecule has 2 unspecified atom stereocenters. The number of nitrogens with one attached hydrogen (secondary N) is 1. The highest BCUT2D eigenvalue weighted by Gasteiger charge is 2.68. The van der Waals surface area contributed by atoms with Crippen LogP contribution in [-0.4, -0.2) is 101 Å². The lowest BCUT2D eigenvalue weighted by Crippen LogP contribution is -2.65. The molecule has 0 radical (unpaired) electrons. The summed E-state index contributed by atoms with van der Waals surface area (Å²) in [6.07, 6.45) is 3.91. The van der Waals surface area contributed by atoms with Crippen LogP contribution in [0, 0.1) is 23.1 Å². The van der Waals surface area contributed by atoms with Crippen molar-refractivity contribution in [3.05, 3.63) is 58.7 Å². The van der Waals surface area contributed by atoms with Gasteiger partial charge in [0.05, 0.1) is 18.8 Å². The molecule has 4 amide bonds. The molecule has 3 heterocycles. The number of unbranched alkanes of at least 4 members (excludes halogenated alkanes) is 1. The summed E-state index contributed by atoms with van der Waals surface area (Å²) >= 11 is 0. The maximum Gasteiger partial charge on any atom is 0.461 e. The van der Waals surface area contributed by atoms with Crippen molar-refractivity contribution in [3.63, 3.8) is 0 Å². The van der Waals surface area contributed by atoms with Crippen molar-refractivity contribution < 1.29 is 51.9 Å². The zero-order valence-corrected chi connectivity index (χ0v) is 36.2. The van der Waals surface area contributed by atoms with E-state index in [4.69, 9.17) is 18.8 Å². The Labute approximate surface area is 351 Å². The minimum Gasteiger partial charge on any atom is -0.496 e. The number of Topliss-reactive ketones (excluding diaryl/α,β-unsaturated/α-hetero) is 2. The van der Waals surface area contributed by atoms with Crippen LogP contribution in [0.1, 0.15) is 132 Å². The van der Waals surface area contributed by atoms with Crippen LogP contribution in [0.2, 0.25) is 5.82 Å². The fraction of sp³-hybridized carbons (Fsp3) is 0.614. The van der Waals surface area contributed by atoms with E-state index in [1.165, 1.54) is 18.2 Å². The van der Waals surface area contributed by atoms with Crippen LogP contribution in [0.4, 0.5) is 9.18 Å². The van der Waals surface area contributed by atoms with Gasteiger partial charge in [-0.15, -0.1) is 0 Å². The third-order valence-corrected chi connectivity index (χ3v) is 13.0. The van der Waals surface area contributed by atoms with Gasteiger partial charge in [-0.05, 0) is 95.2 Å². The molecule has 0 spiro atoms. The molecule has 6 atom stereocenters. The van der Waals surface area contributed by atoms with Gasteiger partial charge in [0.2, 0.25) is 0 Å². The lowest BCUT2D eigenvalue weighted by Gasteiger charge is -2.64. The standard InChI is InChI=1S/C44H58BFN4O10/c1-10-12-16-31(51)26-20-30(46)35(47-24-26)36(48-41(56)50-18-17-49(11-2)38(53)39(50)54)32(52)23-28(45-59-34-22-27-21-33(43(27,6)7)44(34,8)60-45)19-25-14-13-15-29(37(25)57-9)40(55)58-42(3,4)5/h13-15,20,24,27-28,33-34,36H,10-12,16-19,21-23H2,1-9H3,(H,48,56)/t27-,28+,33-,34?,36?,44-/m0/s1. The molecule has 16 heteroatoms. The van der Waals surface area contributed by atoms with Crippen molar-refractivity contribution in [2.45, 2.75) is 130 Å². The SMILES string of the molecule is CCCCC(=O)c1cnc(C(NC(=O)N2CCN(CC)C(=O)C2=O)C(=O)C[C@@H](Cc2cccc(C(=O)OC(C)(C)C)c2OC)B2OC3C[C@@H]4C[C@@H](C4(C)C)[C@]3(C)O2)c(F)c1. The van der Waals surface area contributed by atoms with Crippen LogP contribution in [0.15, 0.2) is 30.5 Å². The largest absolute Gasteiger partial charge is 0.496 e. The minimum absolute atomic E-state index is 0.0124. The molecule has 2 bridgehead atoms. The Morgan fingerprint density at radius 3 is 2.45 bits per heavy atom. The number of benzene rings is 1. The second-order valence-corrected chi connectivity index (χ2v) is 18.3. The molecule has 5 fully saturated rings. The summed E-state index contributed by atoms with van der Waals surface area (Å²) in [5, 5.41) is 2.51. The van der Waals surface area contributed by atoms with Gasteiger partial charge in [-0.25, -0.2) is 14.0 Å². The number of ether oxygens (including phenoxy) is 2. The normalized spacial score (nSPS) is 24.3. The number of amides is 4. The first-order chi connectivity index (χ1) is 28.2. The van der Waals surface area contributed by atoms with E-state index in [0.29, 0.717) is 22.8 Å². The van der Waals surface area contributed by atoms with E-state index < -0.39 is 71.3 Å². The predicted octanol–water partition coefficient (Wildman–Crippen LogP) is 6.30. The fourth-order valence-electron chi connectivity index (χ4n) is 9.47. The average Bonchev–Trinajstić information content (AvgIpc) is 3.56. The molecule has 1 N–H and O–H groups in total. The second kappa shape index (κ2) is 17.4. The first-order valence-corrected chi connectivity index (χ1v) is 21.1. The number of methoxy groups -OCH3 is 1. The Morgan fingerprint density at radius 2 is 1.82 bits per heavy atom. The number of halogens is 1. The lowest BCUT2D eigenvalue weighted by molar-refractivity contribution is -0.199. The molecular formula is C44H58BFN4O10. The van der Waals surface area contributed by atoms with Crippen LogP contribution in [-0.2, 0) is 34.9 Å².